The van der Waals surface area contributed by atoms with Crippen LogP contribution in [0, 0.1) is 0 Å². The monoisotopic (exact) mass is 440 g/mol. The Morgan fingerprint density at radius 3 is 2.91 bits per heavy atom. The number of hydrogen-bond donors (Lipinski definition) is 1. The van der Waals surface area contributed by atoms with Gasteiger partial charge >= 0.3 is 0 Å². The molecule has 0 atom stereocenters. The maximum atomic E-state index is 12.4. The second kappa shape index (κ2) is 8.20. The number of imidazole rings is 1. The molecule has 8 heteroatoms. The van der Waals surface area contributed by atoms with E-state index in [4.69, 9.17) is 4.52 Å². The number of nitrogens with one attached hydrogen (secondary N) is 1. The molecule has 0 saturated carbocycles. The Hall–Kier alpha value is -3.94. The van der Waals surface area contributed by atoms with Crippen molar-refractivity contribution >= 4 is 27.8 Å². The minimum Gasteiger partial charge on any atom is -0.361 e. The molecule has 0 unspecified atom stereocenters. The number of likely N-dealkylation sites (tertiary alicyclic amines) is 1. The van der Waals surface area contributed by atoms with Crippen molar-refractivity contribution < 1.29 is 9.32 Å². The van der Waals surface area contributed by atoms with Crippen LogP contribution in [0.3, 0.4) is 0 Å². The first-order chi connectivity index (χ1) is 16.2. The molecule has 166 valence electrons. The summed E-state index contributed by atoms with van der Waals surface area (Å²) in [4.78, 5) is 26.7. The molecule has 1 fully saturated rings. The van der Waals surface area contributed by atoms with Crippen molar-refractivity contribution in [3.63, 3.8) is 0 Å². The zero-order valence-electron chi connectivity index (χ0n) is 18.2. The van der Waals surface area contributed by atoms with E-state index >= 15 is 0 Å². The summed E-state index contributed by atoms with van der Waals surface area (Å²) < 4.78 is 7.56. The number of amides is 1. The van der Waals surface area contributed by atoms with Gasteiger partial charge in [0.05, 0.1) is 23.8 Å². The molecule has 2 aromatic carbocycles. The molecule has 0 radical (unpaired) electrons. The van der Waals surface area contributed by atoms with Crippen LogP contribution in [0.4, 0.5) is 0 Å². The number of aromatic nitrogens is 5. The lowest BCUT2D eigenvalue weighted by molar-refractivity contribution is -0.130. The van der Waals surface area contributed by atoms with E-state index in [1.807, 2.05) is 46.0 Å². The van der Waals surface area contributed by atoms with Crippen LogP contribution in [-0.4, -0.2) is 48.6 Å². The van der Waals surface area contributed by atoms with Crippen LogP contribution in [0.25, 0.3) is 33.3 Å². The number of aromatic amines is 1. The third kappa shape index (κ3) is 3.77. The van der Waals surface area contributed by atoms with Gasteiger partial charge in [0.15, 0.2) is 0 Å². The number of hydrogen-bond acceptors (Lipinski definition) is 5. The van der Waals surface area contributed by atoms with Crippen molar-refractivity contribution in [2.75, 3.05) is 13.1 Å². The first-order valence-corrected chi connectivity index (χ1v) is 11.4. The molecule has 1 saturated heterocycles. The van der Waals surface area contributed by atoms with Gasteiger partial charge in [0.25, 0.3) is 0 Å². The van der Waals surface area contributed by atoms with E-state index in [1.54, 1.807) is 6.33 Å². The normalized spacial score (nSPS) is 14.0. The van der Waals surface area contributed by atoms with Crippen LogP contribution >= 0.6 is 0 Å². The Bertz CT molecular complexity index is 1440. The lowest BCUT2D eigenvalue weighted by Gasteiger charge is -2.15. The number of carbonyl (C=O) groups is 1. The predicted octanol–water partition coefficient (Wildman–Crippen LogP) is 4.17. The minimum absolute atomic E-state index is 0.223. The third-order valence-electron chi connectivity index (χ3n) is 6.39. The summed E-state index contributed by atoms with van der Waals surface area (Å²) in [5.74, 6) is 1.34. The first-order valence-electron chi connectivity index (χ1n) is 11.4. The Morgan fingerprint density at radius 1 is 1.12 bits per heavy atom. The van der Waals surface area contributed by atoms with Crippen molar-refractivity contribution in [2.45, 2.75) is 32.2 Å². The second-order valence-electron chi connectivity index (χ2n) is 8.53. The molecule has 0 aliphatic carbocycles. The highest BCUT2D eigenvalue weighted by atomic mass is 16.5. The molecule has 5 aromatic rings. The number of benzene rings is 2. The van der Waals surface area contributed by atoms with Crippen LogP contribution in [0.5, 0.6) is 0 Å². The highest BCUT2D eigenvalue weighted by Gasteiger charge is 2.18. The molecule has 1 N–H and O–H groups in total. The van der Waals surface area contributed by atoms with Gasteiger partial charge < -0.3 is 19.0 Å². The average molecular weight is 441 g/mol. The van der Waals surface area contributed by atoms with E-state index < -0.39 is 0 Å². The zero-order chi connectivity index (χ0) is 22.2. The van der Waals surface area contributed by atoms with Crippen LogP contribution in [0.2, 0.25) is 0 Å². The Balaban J connectivity index is 1.18. The number of fused-ring (bicyclic) bond motifs is 2. The molecule has 4 heterocycles. The van der Waals surface area contributed by atoms with Crippen molar-refractivity contribution in [3.05, 3.63) is 66.4 Å². The number of aryl methyl sites for hydroxylation is 1. The first kappa shape index (κ1) is 19.7. The summed E-state index contributed by atoms with van der Waals surface area (Å²) in [7, 11) is 0. The summed E-state index contributed by atoms with van der Waals surface area (Å²) in [6.45, 7) is 2.40. The van der Waals surface area contributed by atoms with E-state index in [1.165, 1.54) is 0 Å². The number of para-hydroxylation sites is 1. The van der Waals surface area contributed by atoms with Gasteiger partial charge in [0.2, 0.25) is 17.6 Å². The molecule has 1 aliphatic rings. The van der Waals surface area contributed by atoms with E-state index in [0.29, 0.717) is 31.1 Å². The second-order valence-corrected chi connectivity index (χ2v) is 8.53. The fraction of sp³-hybridized carbons (Fsp3) is 0.280. The lowest BCUT2D eigenvalue weighted by Crippen LogP contribution is -2.28. The highest BCUT2D eigenvalue weighted by Crippen LogP contribution is 2.24. The molecule has 33 heavy (non-hydrogen) atoms. The van der Waals surface area contributed by atoms with E-state index in [2.05, 4.69) is 32.2 Å². The number of nitrogens with zero attached hydrogens (tertiary/aromatic N) is 5. The Labute approximate surface area is 190 Å². The van der Waals surface area contributed by atoms with Crippen molar-refractivity contribution in [1.82, 2.24) is 29.6 Å². The van der Waals surface area contributed by atoms with Gasteiger partial charge in [-0.25, -0.2) is 4.98 Å². The van der Waals surface area contributed by atoms with Gasteiger partial charge in [-0.1, -0.05) is 23.4 Å². The van der Waals surface area contributed by atoms with Crippen LogP contribution in [0.1, 0.15) is 30.7 Å². The summed E-state index contributed by atoms with van der Waals surface area (Å²) in [5.41, 5.74) is 4.92. The Morgan fingerprint density at radius 2 is 2.00 bits per heavy atom. The zero-order valence-corrected chi connectivity index (χ0v) is 18.2. The van der Waals surface area contributed by atoms with E-state index in [0.717, 1.165) is 59.0 Å². The summed E-state index contributed by atoms with van der Waals surface area (Å²) in [6.07, 6.45) is 7.07. The maximum absolute atomic E-state index is 12.4. The van der Waals surface area contributed by atoms with Gasteiger partial charge in [0, 0.05) is 48.7 Å². The number of H-pyrrole nitrogens is 1. The third-order valence-corrected chi connectivity index (χ3v) is 6.39. The summed E-state index contributed by atoms with van der Waals surface area (Å²) in [5, 5.41) is 5.34. The van der Waals surface area contributed by atoms with Crippen LogP contribution in [-0.2, 0) is 17.8 Å². The minimum atomic E-state index is 0.223. The summed E-state index contributed by atoms with van der Waals surface area (Å²) in [6, 6.07) is 14.1. The molecule has 8 nitrogen and oxygen atoms in total. The molecule has 1 amide bonds. The van der Waals surface area contributed by atoms with E-state index in [9.17, 15) is 4.79 Å². The lowest BCUT2D eigenvalue weighted by atomic mass is 10.1. The van der Waals surface area contributed by atoms with Gasteiger partial charge in [-0.15, -0.1) is 0 Å². The molecular weight excluding hydrogens is 416 g/mol. The molecule has 6 rings (SSSR count). The summed E-state index contributed by atoms with van der Waals surface area (Å²) >= 11 is 0. The fourth-order valence-corrected chi connectivity index (χ4v) is 4.61. The quantitative estimate of drug-likeness (QED) is 0.428. The van der Waals surface area contributed by atoms with Gasteiger partial charge in [-0.05, 0) is 42.7 Å². The SMILES string of the molecule is O=C(CCn1cnc2cc(-c3noc(Cc4c[nH]c5ccccc45)n3)ccc21)N1CCCC1. The smallest absolute Gasteiger partial charge is 0.231 e. The molecular formula is C25H24N6O2. The van der Waals surface area contributed by atoms with Crippen molar-refractivity contribution in [2.24, 2.45) is 0 Å². The molecule has 0 bridgehead atoms. The van der Waals surface area contributed by atoms with E-state index in [-0.39, 0.29) is 5.91 Å². The van der Waals surface area contributed by atoms with Crippen LogP contribution < -0.4 is 0 Å². The van der Waals surface area contributed by atoms with Gasteiger partial charge in [0.1, 0.15) is 0 Å². The molecule has 0 spiro atoms. The fourth-order valence-electron chi connectivity index (χ4n) is 4.61. The number of rotatable bonds is 6. The van der Waals surface area contributed by atoms with Crippen molar-refractivity contribution in [3.8, 4) is 11.4 Å². The van der Waals surface area contributed by atoms with Gasteiger partial charge in [-0.2, -0.15) is 4.98 Å². The maximum Gasteiger partial charge on any atom is 0.231 e. The largest absolute Gasteiger partial charge is 0.361 e. The highest BCUT2D eigenvalue weighted by molar-refractivity contribution is 5.83. The Kier molecular flexibility index (Phi) is 4.90. The predicted molar refractivity (Wildman–Crippen MR) is 125 cm³/mol. The number of carbonyl (C=O) groups excluding carboxylic acids is 1. The van der Waals surface area contributed by atoms with Crippen LogP contribution in [0.15, 0.2) is 59.5 Å². The van der Waals surface area contributed by atoms with Gasteiger partial charge in [-0.3, -0.25) is 4.79 Å². The molecule has 3 aromatic heterocycles. The van der Waals surface area contributed by atoms with Crippen molar-refractivity contribution in [1.29, 1.82) is 0 Å². The topological polar surface area (TPSA) is 92.8 Å². The molecule has 1 aliphatic heterocycles. The standard InChI is InChI=1S/C25H24N6O2/c32-24(30-10-3-4-11-30)9-12-31-16-27-21-13-17(7-8-22(21)31)25-28-23(33-29-25)14-18-15-26-20-6-2-1-5-19(18)20/h1-2,5-8,13,15-16,26H,3-4,9-12,14H2. The average Bonchev–Trinajstić information content (AvgIpc) is 3.65.